The highest BCUT2D eigenvalue weighted by molar-refractivity contribution is 5.95. The summed E-state index contributed by atoms with van der Waals surface area (Å²) in [4.78, 5) is 8.77. The molecule has 0 fully saturated rings. The number of ether oxygens (including phenoxy) is 1. The van der Waals surface area contributed by atoms with Crippen molar-refractivity contribution in [2.45, 2.75) is 13.5 Å². The van der Waals surface area contributed by atoms with Crippen molar-refractivity contribution in [3.63, 3.8) is 0 Å². The minimum Gasteiger partial charge on any atom is -0.472 e. The smallest absolute Gasteiger partial charge is 0.221 e. The lowest BCUT2D eigenvalue weighted by molar-refractivity contribution is 0.293. The Bertz CT molecular complexity index is 766. The largest absolute Gasteiger partial charge is 0.472 e. The van der Waals surface area contributed by atoms with Gasteiger partial charge in [0.2, 0.25) is 5.90 Å². The maximum absolute atomic E-state index is 5.96. The standard InChI is InChI=1S/C20H18N2O/c1-16-9-11-19(12-10-16)22-20(18-7-3-2-4-8-18)23-15-17-6-5-13-21-14-17/h2-14H,15H2,1H3. The lowest BCUT2D eigenvalue weighted by Gasteiger charge is -2.10. The zero-order valence-corrected chi connectivity index (χ0v) is 13.0. The summed E-state index contributed by atoms with van der Waals surface area (Å²) in [6.45, 7) is 2.50. The first-order valence-corrected chi connectivity index (χ1v) is 7.54. The third-order valence-electron chi connectivity index (χ3n) is 3.38. The van der Waals surface area contributed by atoms with E-state index in [0.717, 1.165) is 16.8 Å². The summed E-state index contributed by atoms with van der Waals surface area (Å²) in [5, 5.41) is 0. The molecule has 0 amide bonds. The minimum atomic E-state index is 0.438. The van der Waals surface area contributed by atoms with Gasteiger partial charge in [-0.1, -0.05) is 42.0 Å². The Morgan fingerprint density at radius 1 is 0.957 bits per heavy atom. The second-order valence-corrected chi connectivity index (χ2v) is 5.27. The van der Waals surface area contributed by atoms with Crippen LogP contribution in [-0.4, -0.2) is 10.9 Å². The van der Waals surface area contributed by atoms with Crippen LogP contribution in [-0.2, 0) is 11.3 Å². The number of pyridine rings is 1. The van der Waals surface area contributed by atoms with Gasteiger partial charge in [-0.25, -0.2) is 4.99 Å². The Hall–Kier alpha value is -2.94. The molecule has 3 rings (SSSR count). The molecule has 2 aromatic carbocycles. The topological polar surface area (TPSA) is 34.5 Å². The average Bonchev–Trinajstić information content (AvgIpc) is 2.62. The van der Waals surface area contributed by atoms with Gasteiger partial charge in [0.15, 0.2) is 0 Å². The number of nitrogens with zero attached hydrogens (tertiary/aromatic N) is 2. The summed E-state index contributed by atoms with van der Waals surface area (Å²) >= 11 is 0. The highest BCUT2D eigenvalue weighted by Crippen LogP contribution is 2.16. The van der Waals surface area contributed by atoms with Crippen molar-refractivity contribution >= 4 is 11.6 Å². The number of hydrogen-bond donors (Lipinski definition) is 0. The Labute approximate surface area is 136 Å². The molecule has 1 heterocycles. The lowest BCUT2D eigenvalue weighted by Crippen LogP contribution is -2.06. The van der Waals surface area contributed by atoms with Crippen molar-refractivity contribution < 1.29 is 4.74 Å². The van der Waals surface area contributed by atoms with E-state index >= 15 is 0 Å². The van der Waals surface area contributed by atoms with Crippen LogP contribution in [0.1, 0.15) is 16.7 Å². The van der Waals surface area contributed by atoms with Gasteiger partial charge in [-0.15, -0.1) is 0 Å². The van der Waals surface area contributed by atoms with E-state index in [0.29, 0.717) is 12.5 Å². The molecule has 3 heteroatoms. The fourth-order valence-electron chi connectivity index (χ4n) is 2.13. The maximum Gasteiger partial charge on any atom is 0.221 e. The molecule has 3 aromatic rings. The second kappa shape index (κ2) is 7.36. The van der Waals surface area contributed by atoms with E-state index in [-0.39, 0.29) is 0 Å². The van der Waals surface area contributed by atoms with Crippen molar-refractivity contribution in [2.24, 2.45) is 4.99 Å². The summed E-state index contributed by atoms with van der Waals surface area (Å²) < 4.78 is 5.96. The lowest BCUT2D eigenvalue weighted by atomic mass is 10.2. The third kappa shape index (κ3) is 4.27. The number of aromatic nitrogens is 1. The van der Waals surface area contributed by atoms with Gasteiger partial charge in [0.1, 0.15) is 6.61 Å². The van der Waals surface area contributed by atoms with Gasteiger partial charge in [-0.05, 0) is 37.3 Å². The summed E-state index contributed by atoms with van der Waals surface area (Å²) in [6.07, 6.45) is 3.55. The van der Waals surface area contributed by atoms with Crippen LogP contribution in [0.25, 0.3) is 0 Å². The molecule has 0 unspecified atom stereocenters. The van der Waals surface area contributed by atoms with E-state index in [1.54, 1.807) is 12.4 Å². The molecule has 0 saturated heterocycles. The van der Waals surface area contributed by atoms with Gasteiger partial charge in [0.25, 0.3) is 0 Å². The normalized spacial score (nSPS) is 11.3. The molecule has 23 heavy (non-hydrogen) atoms. The van der Waals surface area contributed by atoms with Crippen molar-refractivity contribution in [1.29, 1.82) is 0 Å². The van der Waals surface area contributed by atoms with Gasteiger partial charge in [0, 0.05) is 23.5 Å². The number of aryl methyl sites for hydroxylation is 1. The molecule has 114 valence electrons. The van der Waals surface area contributed by atoms with Crippen molar-refractivity contribution in [2.75, 3.05) is 0 Å². The van der Waals surface area contributed by atoms with Crippen molar-refractivity contribution in [3.05, 3.63) is 95.8 Å². The predicted molar refractivity (Wildman–Crippen MR) is 92.8 cm³/mol. The zero-order chi connectivity index (χ0) is 15.9. The summed E-state index contributed by atoms with van der Waals surface area (Å²) in [5.41, 5.74) is 4.05. The van der Waals surface area contributed by atoms with Crippen molar-refractivity contribution in [3.8, 4) is 0 Å². The average molecular weight is 302 g/mol. The van der Waals surface area contributed by atoms with Gasteiger partial charge in [0.05, 0.1) is 5.69 Å². The van der Waals surface area contributed by atoms with Crippen LogP contribution in [0.3, 0.4) is 0 Å². The molecular formula is C20H18N2O. The summed E-state index contributed by atoms with van der Waals surface area (Å²) in [7, 11) is 0. The minimum absolute atomic E-state index is 0.438. The Kier molecular flexibility index (Phi) is 4.79. The quantitative estimate of drug-likeness (QED) is 0.518. The molecule has 0 spiro atoms. The molecule has 0 saturated carbocycles. The SMILES string of the molecule is Cc1ccc(N=C(OCc2cccnc2)c2ccccc2)cc1. The Morgan fingerprint density at radius 2 is 1.74 bits per heavy atom. The number of hydrogen-bond acceptors (Lipinski definition) is 3. The summed E-state index contributed by atoms with van der Waals surface area (Å²) in [5.74, 6) is 0.610. The molecule has 1 aromatic heterocycles. The van der Waals surface area contributed by atoms with Crippen LogP contribution >= 0.6 is 0 Å². The fourth-order valence-corrected chi connectivity index (χ4v) is 2.13. The van der Waals surface area contributed by atoms with E-state index in [9.17, 15) is 0 Å². The summed E-state index contributed by atoms with van der Waals surface area (Å²) in [6, 6.07) is 21.9. The molecule has 0 atom stereocenters. The fraction of sp³-hybridized carbons (Fsp3) is 0.100. The molecule has 0 aliphatic rings. The maximum atomic E-state index is 5.96. The molecule has 0 bridgehead atoms. The van der Waals surface area contributed by atoms with Crippen LogP contribution in [0.2, 0.25) is 0 Å². The third-order valence-corrected chi connectivity index (χ3v) is 3.38. The van der Waals surface area contributed by atoms with Crippen molar-refractivity contribution in [1.82, 2.24) is 4.98 Å². The first-order valence-electron chi connectivity index (χ1n) is 7.54. The molecular weight excluding hydrogens is 284 g/mol. The highest BCUT2D eigenvalue weighted by Gasteiger charge is 2.06. The molecule has 0 aliphatic heterocycles. The van der Waals surface area contributed by atoms with Crippen LogP contribution in [0.4, 0.5) is 5.69 Å². The Balaban J connectivity index is 1.86. The second-order valence-electron chi connectivity index (χ2n) is 5.27. The number of aliphatic imine (C=N–C) groups is 1. The van der Waals surface area contributed by atoms with E-state index in [4.69, 9.17) is 4.74 Å². The van der Waals surface area contributed by atoms with Gasteiger partial charge in [-0.3, -0.25) is 4.98 Å². The zero-order valence-electron chi connectivity index (χ0n) is 13.0. The van der Waals surface area contributed by atoms with Gasteiger partial charge in [-0.2, -0.15) is 0 Å². The van der Waals surface area contributed by atoms with E-state index in [2.05, 4.69) is 16.9 Å². The highest BCUT2D eigenvalue weighted by atomic mass is 16.5. The molecule has 0 N–H and O–H groups in total. The molecule has 0 aliphatic carbocycles. The van der Waals surface area contributed by atoms with E-state index < -0.39 is 0 Å². The Morgan fingerprint density at radius 3 is 2.43 bits per heavy atom. The van der Waals surface area contributed by atoms with E-state index in [1.165, 1.54) is 5.56 Å². The molecule has 0 radical (unpaired) electrons. The monoisotopic (exact) mass is 302 g/mol. The van der Waals surface area contributed by atoms with Crippen LogP contribution in [0, 0.1) is 6.92 Å². The van der Waals surface area contributed by atoms with Crippen LogP contribution in [0.5, 0.6) is 0 Å². The van der Waals surface area contributed by atoms with E-state index in [1.807, 2.05) is 66.7 Å². The molecule has 3 nitrogen and oxygen atoms in total. The number of benzene rings is 2. The number of rotatable bonds is 4. The van der Waals surface area contributed by atoms with Gasteiger partial charge < -0.3 is 4.74 Å². The van der Waals surface area contributed by atoms with Gasteiger partial charge >= 0.3 is 0 Å². The first kappa shape index (κ1) is 15.0. The first-order chi connectivity index (χ1) is 11.3. The predicted octanol–water partition coefficient (Wildman–Crippen LogP) is 4.69. The van der Waals surface area contributed by atoms with Crippen LogP contribution < -0.4 is 0 Å². The van der Waals surface area contributed by atoms with Crippen LogP contribution in [0.15, 0.2) is 84.1 Å².